The molecule has 0 saturated carbocycles. The second-order valence-electron chi connectivity index (χ2n) is 6.36. The van der Waals surface area contributed by atoms with Gasteiger partial charge in [0.1, 0.15) is 0 Å². The Labute approximate surface area is 135 Å². The molecular weight excluding hydrogens is 290 g/mol. The molecule has 0 bridgehead atoms. The van der Waals surface area contributed by atoms with Gasteiger partial charge in [-0.05, 0) is 25.0 Å². The Morgan fingerprint density at radius 2 is 2.04 bits per heavy atom. The van der Waals surface area contributed by atoms with Crippen LogP contribution in [0.1, 0.15) is 40.3 Å². The quantitative estimate of drug-likeness (QED) is 0.863. The van der Waals surface area contributed by atoms with E-state index in [1.54, 1.807) is 0 Å². The third-order valence-corrected chi connectivity index (χ3v) is 4.74. The highest BCUT2D eigenvalue weighted by atomic mass is 16.2. The van der Waals surface area contributed by atoms with Crippen LogP contribution in [-0.2, 0) is 26.7 Å². The van der Waals surface area contributed by atoms with Crippen molar-refractivity contribution in [3.05, 3.63) is 47.0 Å². The molecule has 120 valence electrons. The standard InChI is InChI=1S/C17H21N5O/c1-20-15-12-21(10-13-6-2-3-7-18-13)11-14(15)16(19-20)17(23)22-8-4-5-9-22/h2-3,6-7H,4-5,8-12H2,1H3. The SMILES string of the molecule is Cn1nc(C(=O)N2CCCC2)c2c1CN(Cc1ccccn1)C2. The van der Waals surface area contributed by atoms with Crippen LogP contribution >= 0.6 is 0 Å². The highest BCUT2D eigenvalue weighted by Gasteiger charge is 2.32. The molecule has 4 heterocycles. The van der Waals surface area contributed by atoms with Gasteiger partial charge in [-0.3, -0.25) is 19.4 Å². The minimum absolute atomic E-state index is 0.0963. The molecule has 2 aliphatic heterocycles. The van der Waals surface area contributed by atoms with Gasteiger partial charge in [0.15, 0.2) is 5.69 Å². The molecule has 6 nitrogen and oxygen atoms in total. The van der Waals surface area contributed by atoms with E-state index in [0.29, 0.717) is 5.69 Å². The zero-order valence-electron chi connectivity index (χ0n) is 13.4. The number of rotatable bonds is 3. The van der Waals surface area contributed by atoms with Gasteiger partial charge in [-0.15, -0.1) is 0 Å². The summed E-state index contributed by atoms with van der Waals surface area (Å²) < 4.78 is 1.87. The number of hydrogen-bond acceptors (Lipinski definition) is 4. The summed E-state index contributed by atoms with van der Waals surface area (Å²) in [5.41, 5.74) is 3.96. The molecule has 0 unspecified atom stereocenters. The van der Waals surface area contributed by atoms with E-state index in [1.165, 1.54) is 0 Å². The van der Waals surface area contributed by atoms with Crippen LogP contribution < -0.4 is 0 Å². The van der Waals surface area contributed by atoms with Crippen molar-refractivity contribution in [2.45, 2.75) is 32.5 Å². The Hall–Kier alpha value is -2.21. The average Bonchev–Trinajstić information content (AvgIpc) is 3.27. The molecule has 0 spiro atoms. The summed E-state index contributed by atoms with van der Waals surface area (Å²) in [7, 11) is 1.93. The van der Waals surface area contributed by atoms with Gasteiger partial charge in [0.05, 0.1) is 11.4 Å². The lowest BCUT2D eigenvalue weighted by Crippen LogP contribution is -2.29. The highest BCUT2D eigenvalue weighted by Crippen LogP contribution is 2.28. The first-order valence-corrected chi connectivity index (χ1v) is 8.18. The zero-order chi connectivity index (χ0) is 15.8. The minimum Gasteiger partial charge on any atom is -0.337 e. The largest absolute Gasteiger partial charge is 0.337 e. The Morgan fingerprint density at radius 3 is 2.78 bits per heavy atom. The predicted octanol–water partition coefficient (Wildman–Crippen LogP) is 1.57. The van der Waals surface area contributed by atoms with Crippen molar-refractivity contribution in [2.75, 3.05) is 13.1 Å². The highest BCUT2D eigenvalue weighted by molar-refractivity contribution is 5.94. The fourth-order valence-electron chi connectivity index (χ4n) is 3.53. The number of pyridine rings is 1. The lowest BCUT2D eigenvalue weighted by atomic mass is 10.2. The number of hydrogen-bond donors (Lipinski definition) is 0. The van der Waals surface area contributed by atoms with E-state index in [-0.39, 0.29) is 5.91 Å². The maximum Gasteiger partial charge on any atom is 0.274 e. The van der Waals surface area contributed by atoms with Crippen molar-refractivity contribution in [3.63, 3.8) is 0 Å². The number of likely N-dealkylation sites (tertiary alicyclic amines) is 1. The molecule has 1 amide bonds. The summed E-state index contributed by atoms with van der Waals surface area (Å²) in [4.78, 5) is 21.3. The van der Waals surface area contributed by atoms with Crippen LogP contribution in [0.5, 0.6) is 0 Å². The molecule has 0 N–H and O–H groups in total. The van der Waals surface area contributed by atoms with Gasteiger partial charge >= 0.3 is 0 Å². The molecule has 1 saturated heterocycles. The summed E-state index contributed by atoms with van der Waals surface area (Å²) in [5, 5.41) is 4.50. The van der Waals surface area contributed by atoms with Gasteiger partial charge in [0.2, 0.25) is 0 Å². The zero-order valence-corrected chi connectivity index (χ0v) is 13.4. The molecule has 4 rings (SSSR count). The minimum atomic E-state index is 0.0963. The molecular formula is C17H21N5O. The fraction of sp³-hybridized carbons (Fsp3) is 0.471. The van der Waals surface area contributed by atoms with Crippen LogP contribution in [0, 0.1) is 0 Å². The first kappa shape index (κ1) is 14.4. The molecule has 0 aliphatic carbocycles. The molecule has 0 atom stereocenters. The van der Waals surface area contributed by atoms with Crippen molar-refractivity contribution in [2.24, 2.45) is 7.05 Å². The monoisotopic (exact) mass is 311 g/mol. The van der Waals surface area contributed by atoms with Gasteiger partial charge < -0.3 is 4.90 Å². The van der Waals surface area contributed by atoms with Gasteiger partial charge in [0, 0.05) is 51.5 Å². The van der Waals surface area contributed by atoms with Gasteiger partial charge in [-0.2, -0.15) is 5.10 Å². The van der Waals surface area contributed by atoms with Crippen molar-refractivity contribution in [3.8, 4) is 0 Å². The maximum absolute atomic E-state index is 12.7. The fourth-order valence-corrected chi connectivity index (χ4v) is 3.53. The predicted molar refractivity (Wildman–Crippen MR) is 85.5 cm³/mol. The summed E-state index contributed by atoms with van der Waals surface area (Å²) >= 11 is 0. The van der Waals surface area contributed by atoms with Crippen LogP contribution in [0.2, 0.25) is 0 Å². The van der Waals surface area contributed by atoms with Crippen molar-refractivity contribution >= 4 is 5.91 Å². The maximum atomic E-state index is 12.7. The third kappa shape index (κ3) is 2.63. The van der Waals surface area contributed by atoms with Crippen molar-refractivity contribution in [1.29, 1.82) is 0 Å². The van der Waals surface area contributed by atoms with E-state index in [1.807, 2.05) is 41.0 Å². The molecule has 1 fully saturated rings. The number of carbonyl (C=O) groups excluding carboxylic acids is 1. The van der Waals surface area contributed by atoms with Gasteiger partial charge in [-0.1, -0.05) is 6.07 Å². The summed E-state index contributed by atoms with van der Waals surface area (Å²) in [6.07, 6.45) is 4.03. The summed E-state index contributed by atoms with van der Waals surface area (Å²) in [6, 6.07) is 5.98. The number of aromatic nitrogens is 3. The average molecular weight is 311 g/mol. The number of aryl methyl sites for hydroxylation is 1. The Bertz CT molecular complexity index is 718. The van der Waals surface area contributed by atoms with E-state index < -0.39 is 0 Å². The van der Waals surface area contributed by atoms with E-state index in [2.05, 4.69) is 15.0 Å². The molecule has 6 heteroatoms. The van der Waals surface area contributed by atoms with Crippen LogP contribution in [0.25, 0.3) is 0 Å². The smallest absolute Gasteiger partial charge is 0.274 e. The second-order valence-corrected chi connectivity index (χ2v) is 6.36. The van der Waals surface area contributed by atoms with Crippen LogP contribution in [0.15, 0.2) is 24.4 Å². The molecule has 0 aromatic carbocycles. The van der Waals surface area contributed by atoms with Crippen molar-refractivity contribution in [1.82, 2.24) is 24.6 Å². The Kier molecular flexibility index (Phi) is 3.61. The topological polar surface area (TPSA) is 54.3 Å². The Balaban J connectivity index is 1.54. The Morgan fingerprint density at radius 1 is 1.22 bits per heavy atom. The van der Waals surface area contributed by atoms with Crippen LogP contribution in [-0.4, -0.2) is 43.6 Å². The lowest BCUT2D eigenvalue weighted by Gasteiger charge is -2.16. The summed E-state index contributed by atoms with van der Waals surface area (Å²) in [5.74, 6) is 0.0963. The first-order chi connectivity index (χ1) is 11.2. The second kappa shape index (κ2) is 5.77. The van der Waals surface area contributed by atoms with E-state index in [4.69, 9.17) is 0 Å². The van der Waals surface area contributed by atoms with Crippen LogP contribution in [0.4, 0.5) is 0 Å². The van der Waals surface area contributed by atoms with Gasteiger partial charge in [-0.25, -0.2) is 0 Å². The summed E-state index contributed by atoms with van der Waals surface area (Å²) in [6.45, 7) is 4.12. The lowest BCUT2D eigenvalue weighted by molar-refractivity contribution is 0.0784. The van der Waals surface area contributed by atoms with E-state index in [0.717, 1.165) is 62.5 Å². The number of carbonyl (C=O) groups is 1. The van der Waals surface area contributed by atoms with E-state index in [9.17, 15) is 4.79 Å². The molecule has 2 aromatic rings. The molecule has 23 heavy (non-hydrogen) atoms. The van der Waals surface area contributed by atoms with Gasteiger partial charge in [0.25, 0.3) is 5.91 Å². The molecule has 2 aliphatic rings. The number of nitrogens with zero attached hydrogens (tertiary/aromatic N) is 5. The first-order valence-electron chi connectivity index (χ1n) is 8.18. The third-order valence-electron chi connectivity index (χ3n) is 4.74. The van der Waals surface area contributed by atoms with Crippen LogP contribution in [0.3, 0.4) is 0 Å². The number of fused-ring (bicyclic) bond motifs is 1. The van der Waals surface area contributed by atoms with E-state index >= 15 is 0 Å². The number of amides is 1. The van der Waals surface area contributed by atoms with Crippen molar-refractivity contribution < 1.29 is 4.79 Å². The molecule has 2 aromatic heterocycles. The normalized spacial score (nSPS) is 17.7. The molecule has 0 radical (unpaired) electrons.